The summed E-state index contributed by atoms with van der Waals surface area (Å²) in [6.07, 6.45) is 15.0. The molecule has 3 rings (SSSR count). The highest BCUT2D eigenvalue weighted by Gasteiger charge is 2.25. The topological polar surface area (TPSA) is 0 Å². The van der Waals surface area contributed by atoms with Gasteiger partial charge in [-0.15, -0.1) is 23.6 Å². The molecule has 0 aliphatic rings. The Labute approximate surface area is 345 Å². The number of halogens is 4. The number of hydrogen-bond donors (Lipinski definition) is 0. The molecule has 3 aromatic carbocycles. The third-order valence-corrected chi connectivity index (χ3v) is 16.7. The molecule has 3 aromatic rings. The maximum atomic E-state index is 5.02. The summed E-state index contributed by atoms with van der Waals surface area (Å²) >= 11 is 15.1. The van der Waals surface area contributed by atoms with Crippen molar-refractivity contribution in [3.8, 4) is 47.5 Å². The summed E-state index contributed by atoms with van der Waals surface area (Å²) < 4.78 is 1.20. The fraction of sp³-hybridized carbons (Fsp3) is 0.422. The van der Waals surface area contributed by atoms with E-state index in [-0.39, 0.29) is 0 Å². The molecule has 274 valence electrons. The van der Waals surface area contributed by atoms with Crippen LogP contribution in [-0.4, -0.2) is 22.5 Å². The minimum Gasteiger partial charge on any atom is -0.130 e. The Morgan fingerprint density at radius 2 is 1.22 bits per heavy atom. The highest BCUT2D eigenvalue weighted by Crippen LogP contribution is 2.19. The molecule has 0 unspecified atom stereocenters. The molecule has 0 aromatic heterocycles. The molecule has 51 heavy (non-hydrogen) atoms. The second kappa shape index (κ2) is 27.6. The largest absolute Gasteiger partial charge is 0.164 e. The molecule has 0 saturated heterocycles. The number of alkyl halides is 3. The van der Waals surface area contributed by atoms with E-state index in [1.54, 1.807) is 5.19 Å². The molecule has 0 bridgehead atoms. The monoisotopic (exact) mass is 926 g/mol. The molecule has 6 heteroatoms. The summed E-state index contributed by atoms with van der Waals surface area (Å²) in [5.41, 5.74) is 11.4. The highest BCUT2D eigenvalue weighted by molar-refractivity contribution is 9.10. The molecule has 0 fully saturated rings. The van der Waals surface area contributed by atoms with Crippen LogP contribution >= 0.6 is 59.4 Å². The van der Waals surface area contributed by atoms with Gasteiger partial charge >= 0.3 is 0 Å². The molecular formula is C45H58Br3ClSi2. The van der Waals surface area contributed by atoms with Crippen LogP contribution in [0.2, 0.25) is 32.2 Å². The zero-order valence-corrected chi connectivity index (χ0v) is 40.2. The summed E-state index contributed by atoms with van der Waals surface area (Å²) in [6.45, 7) is 20.5. The van der Waals surface area contributed by atoms with Gasteiger partial charge in [0.1, 0.15) is 0 Å². The lowest BCUT2D eigenvalue weighted by molar-refractivity contribution is 0.623. The molecule has 0 heterocycles. The Bertz CT molecular complexity index is 1720. The van der Waals surface area contributed by atoms with Gasteiger partial charge in [0, 0.05) is 21.5 Å². The number of hydrogen-bond acceptors (Lipinski definition) is 0. The van der Waals surface area contributed by atoms with Crippen molar-refractivity contribution in [1.82, 2.24) is 0 Å². The van der Waals surface area contributed by atoms with Gasteiger partial charge in [-0.1, -0.05) is 190 Å². The van der Waals surface area contributed by atoms with E-state index in [2.05, 4.69) is 216 Å². The average molecular weight is 930 g/mol. The van der Waals surface area contributed by atoms with Gasteiger partial charge in [0.15, 0.2) is 8.07 Å². The van der Waals surface area contributed by atoms with Crippen LogP contribution in [0.5, 0.6) is 0 Å². The first-order valence-corrected chi connectivity index (χ1v) is 27.6. The van der Waals surface area contributed by atoms with Gasteiger partial charge in [0.05, 0.1) is 8.07 Å². The average Bonchev–Trinajstić information content (AvgIpc) is 3.11. The van der Waals surface area contributed by atoms with Crippen molar-refractivity contribution in [2.75, 3.05) is 6.38 Å². The van der Waals surface area contributed by atoms with E-state index in [1.165, 1.54) is 94.0 Å². The molecule has 0 atom stereocenters. The lowest BCUT2D eigenvalue weighted by atomic mass is 10.1. The van der Waals surface area contributed by atoms with Gasteiger partial charge in [-0.3, -0.25) is 0 Å². The van der Waals surface area contributed by atoms with Crippen molar-refractivity contribution in [3.05, 3.63) is 92.5 Å². The highest BCUT2D eigenvalue weighted by atomic mass is 79.9. The van der Waals surface area contributed by atoms with Crippen LogP contribution in [0.3, 0.4) is 0 Å². The predicted molar refractivity (Wildman–Crippen MR) is 248 cm³/mol. The van der Waals surface area contributed by atoms with Crippen LogP contribution < -0.4 is 10.4 Å². The van der Waals surface area contributed by atoms with E-state index < -0.39 is 16.1 Å². The van der Waals surface area contributed by atoms with Gasteiger partial charge in [-0.2, -0.15) is 0 Å². The molecule has 0 aliphatic carbocycles. The number of aryl methyl sites for hydroxylation is 4. The molecule has 0 radical (unpaired) electrons. The Hall–Kier alpha value is -1.94. The molecule has 0 spiro atoms. The second-order valence-electron chi connectivity index (χ2n) is 13.8. The molecule has 0 amide bonds. The van der Waals surface area contributed by atoms with Crippen LogP contribution in [0, 0.1) is 75.2 Å². The van der Waals surface area contributed by atoms with Gasteiger partial charge in [0.2, 0.25) is 0 Å². The van der Waals surface area contributed by atoms with Gasteiger partial charge < -0.3 is 0 Å². The summed E-state index contributed by atoms with van der Waals surface area (Å²) in [7, 11) is -3.09. The van der Waals surface area contributed by atoms with Gasteiger partial charge in [0.25, 0.3) is 0 Å². The first-order chi connectivity index (χ1) is 24.2. The van der Waals surface area contributed by atoms with E-state index in [4.69, 9.17) is 6.42 Å². The van der Waals surface area contributed by atoms with Crippen molar-refractivity contribution in [2.24, 2.45) is 0 Å². The summed E-state index contributed by atoms with van der Waals surface area (Å²) in [5, 5.41) is 4.71. The zero-order chi connectivity index (χ0) is 38.9. The number of unbranched alkanes of at least 4 members (excludes halogenated alkanes) is 5. The maximum absolute atomic E-state index is 5.02. The molecule has 0 saturated carbocycles. The molecule has 0 N–H and O–H groups in total. The quantitative estimate of drug-likeness (QED) is 0.0778. The first kappa shape index (κ1) is 49.1. The van der Waals surface area contributed by atoms with Crippen molar-refractivity contribution in [1.29, 1.82) is 0 Å². The van der Waals surface area contributed by atoms with Crippen LogP contribution in [-0.2, 0) is 10.7 Å². The summed E-state index contributed by atoms with van der Waals surface area (Å²) in [4.78, 5) is 0. The standard InChI is InChI=1S/C18H14Br2Si.C18H32Si.C8H9Br.CH3Cl/c1-4-5-6-7-8-9-12-21(2,3)18-13-16(14-19)10-11-17(18)15-20;1-6-7-8-9-10-11-14-19(4,5)18-15-16(2)12-13-17(18)3;1-6-3-4-7(2)8(9)5-6;1-2/h1,10-11,13H,14-15H2,2-3H3;12-13,15H,6-11,14H2,1-5H3;3-5H,1-2H3;1H3. The fourth-order valence-electron chi connectivity index (χ4n) is 5.43. The number of terminal acetylenes is 1. The summed E-state index contributed by atoms with van der Waals surface area (Å²) in [5.74, 6) is 15.5. The van der Waals surface area contributed by atoms with E-state index in [0.29, 0.717) is 0 Å². The Kier molecular flexibility index (Phi) is 26.6. The molecular weight excluding hydrogens is 872 g/mol. The minimum atomic E-state index is -1.86. The normalized spacial score (nSPS) is 9.98. The second-order valence-corrected chi connectivity index (χ2v) is 24.6. The maximum Gasteiger partial charge on any atom is 0.164 e. The van der Waals surface area contributed by atoms with Crippen LogP contribution in [0.15, 0.2) is 59.1 Å². The van der Waals surface area contributed by atoms with Crippen molar-refractivity contribution in [2.45, 2.75) is 116 Å². The third-order valence-electron chi connectivity index (χ3n) is 8.45. The third kappa shape index (κ3) is 20.2. The van der Waals surface area contributed by atoms with Crippen molar-refractivity contribution >= 4 is 85.9 Å². The van der Waals surface area contributed by atoms with E-state index in [0.717, 1.165) is 10.7 Å². The Balaban J connectivity index is 0.000000764. The smallest absolute Gasteiger partial charge is 0.130 e. The number of rotatable bonds is 11. The molecule has 0 nitrogen and oxygen atoms in total. The lowest BCUT2D eigenvalue weighted by Gasteiger charge is -2.25. The zero-order valence-electron chi connectivity index (χ0n) is 32.6. The van der Waals surface area contributed by atoms with Crippen molar-refractivity contribution in [3.63, 3.8) is 0 Å². The van der Waals surface area contributed by atoms with Crippen molar-refractivity contribution < 1.29 is 0 Å². The van der Waals surface area contributed by atoms with Crippen LogP contribution in [0.25, 0.3) is 0 Å². The lowest BCUT2D eigenvalue weighted by Crippen LogP contribution is -2.42. The van der Waals surface area contributed by atoms with E-state index in [9.17, 15) is 0 Å². The predicted octanol–water partition coefficient (Wildman–Crippen LogP) is 13.1. The first-order valence-electron chi connectivity index (χ1n) is 17.6. The Morgan fingerprint density at radius 1 is 0.647 bits per heavy atom. The van der Waals surface area contributed by atoms with E-state index >= 15 is 0 Å². The molecule has 0 aliphatic heterocycles. The van der Waals surface area contributed by atoms with Gasteiger partial charge in [-0.25, -0.2) is 0 Å². The van der Waals surface area contributed by atoms with Crippen LogP contribution in [0.1, 0.15) is 78.8 Å². The van der Waals surface area contributed by atoms with Gasteiger partial charge in [-0.05, 0) is 96.7 Å². The van der Waals surface area contributed by atoms with E-state index in [1.807, 2.05) is 0 Å². The number of benzene rings is 3. The van der Waals surface area contributed by atoms with Crippen LogP contribution in [0.4, 0.5) is 0 Å². The summed E-state index contributed by atoms with van der Waals surface area (Å²) in [6, 6.07) is 21.3. The fourth-order valence-corrected chi connectivity index (χ4v) is 12.2. The minimum absolute atomic E-state index is 0.836. The Morgan fingerprint density at radius 3 is 1.78 bits per heavy atom. The SMILES string of the molecule is C#CC#CC#CC#C[Si](C)(C)c1cc(CBr)ccc1CBr.CCCCCCCC[Si](C)(C)c1cc(C)ccc1C.CCl.Cc1ccc(C)c(Br)c1.